The van der Waals surface area contributed by atoms with Gasteiger partial charge in [0.05, 0.1) is 0 Å². The Morgan fingerprint density at radius 2 is 1.55 bits per heavy atom. The van der Waals surface area contributed by atoms with E-state index in [0.717, 1.165) is 26.1 Å². The third-order valence-electron chi connectivity index (χ3n) is 3.75. The van der Waals surface area contributed by atoms with Crippen LogP contribution in [0.25, 0.3) is 0 Å². The number of hydrogen-bond acceptors (Lipinski definition) is 2. The van der Waals surface area contributed by atoms with Gasteiger partial charge in [0.15, 0.2) is 0 Å². The van der Waals surface area contributed by atoms with Gasteiger partial charge in [-0.15, -0.1) is 0 Å². The molecule has 2 N–H and O–H groups in total. The average Bonchev–Trinajstić information content (AvgIpc) is 2.47. The van der Waals surface area contributed by atoms with Crippen LogP contribution in [0, 0.1) is 13.8 Å². The molecule has 0 atom stereocenters. The third kappa shape index (κ3) is 3.61. The van der Waals surface area contributed by atoms with Gasteiger partial charge in [-0.3, -0.25) is 0 Å². The van der Waals surface area contributed by atoms with Crippen LogP contribution in [0.5, 0.6) is 0 Å². The fraction of sp³-hybridized carbons (Fsp3) is 0.333. The van der Waals surface area contributed by atoms with Crippen molar-refractivity contribution in [3.05, 3.63) is 65.2 Å². The Morgan fingerprint density at radius 3 is 2.15 bits per heavy atom. The minimum atomic E-state index is 0.732. The zero-order chi connectivity index (χ0) is 14.4. The number of benzene rings is 2. The highest BCUT2D eigenvalue weighted by atomic mass is 15.1. The summed E-state index contributed by atoms with van der Waals surface area (Å²) in [4.78, 5) is 2.42. The molecular formula is C18H24N2. The van der Waals surface area contributed by atoms with E-state index in [1.54, 1.807) is 0 Å². The Kier molecular flexibility index (Phi) is 5.19. The first-order valence-electron chi connectivity index (χ1n) is 7.27. The number of anilines is 1. The molecule has 0 aliphatic carbocycles. The van der Waals surface area contributed by atoms with E-state index in [1.165, 1.54) is 22.4 Å². The molecule has 2 nitrogen and oxygen atoms in total. The van der Waals surface area contributed by atoms with Crippen molar-refractivity contribution >= 4 is 5.69 Å². The second kappa shape index (κ2) is 7.11. The summed E-state index contributed by atoms with van der Waals surface area (Å²) in [7, 11) is 0. The van der Waals surface area contributed by atoms with Crippen molar-refractivity contribution in [1.29, 1.82) is 0 Å². The highest BCUT2D eigenvalue weighted by molar-refractivity contribution is 5.48. The van der Waals surface area contributed by atoms with Crippen molar-refractivity contribution in [3.63, 3.8) is 0 Å². The van der Waals surface area contributed by atoms with Crippen LogP contribution < -0.4 is 10.6 Å². The lowest BCUT2D eigenvalue weighted by Crippen LogP contribution is -2.26. The van der Waals surface area contributed by atoms with Gasteiger partial charge in [0.1, 0.15) is 0 Å². The minimum Gasteiger partial charge on any atom is -0.367 e. The van der Waals surface area contributed by atoms with Crippen molar-refractivity contribution in [3.8, 4) is 0 Å². The van der Waals surface area contributed by atoms with Gasteiger partial charge in [-0.25, -0.2) is 0 Å². The summed E-state index contributed by atoms with van der Waals surface area (Å²) in [5.41, 5.74) is 11.1. The maximum absolute atomic E-state index is 5.68. The van der Waals surface area contributed by atoms with E-state index in [9.17, 15) is 0 Å². The summed E-state index contributed by atoms with van der Waals surface area (Å²) in [6.07, 6.45) is 1.01. The molecule has 2 aromatic rings. The molecule has 2 rings (SSSR count). The van der Waals surface area contributed by atoms with Crippen molar-refractivity contribution in [2.45, 2.75) is 26.8 Å². The molecule has 2 heteroatoms. The highest BCUT2D eigenvalue weighted by Gasteiger charge is 2.10. The number of aryl methyl sites for hydroxylation is 2. The Labute approximate surface area is 122 Å². The van der Waals surface area contributed by atoms with Crippen molar-refractivity contribution in [2.75, 3.05) is 18.0 Å². The van der Waals surface area contributed by atoms with E-state index in [1.807, 2.05) is 0 Å². The second-order valence-electron chi connectivity index (χ2n) is 5.27. The average molecular weight is 268 g/mol. The standard InChI is InChI=1S/C18H24N2/c1-15-8-6-9-16(2)18(15)14-20(13-7-12-19)17-10-4-3-5-11-17/h3-6,8-11H,7,12-14,19H2,1-2H3. The predicted octanol–water partition coefficient (Wildman–Crippen LogP) is 3.66. The summed E-state index contributed by atoms with van der Waals surface area (Å²) < 4.78 is 0. The Morgan fingerprint density at radius 1 is 0.900 bits per heavy atom. The van der Waals surface area contributed by atoms with Crippen LogP contribution in [-0.4, -0.2) is 13.1 Å². The number of nitrogens with two attached hydrogens (primary N) is 1. The Balaban J connectivity index is 2.24. The smallest absolute Gasteiger partial charge is 0.0434 e. The first-order chi connectivity index (χ1) is 9.72. The summed E-state index contributed by atoms with van der Waals surface area (Å²) in [5, 5.41) is 0. The van der Waals surface area contributed by atoms with E-state index in [2.05, 4.69) is 67.3 Å². The van der Waals surface area contributed by atoms with Crippen LogP contribution in [0.1, 0.15) is 23.1 Å². The zero-order valence-electron chi connectivity index (χ0n) is 12.5. The molecule has 0 aliphatic heterocycles. The molecule has 106 valence electrons. The van der Waals surface area contributed by atoms with Crippen LogP contribution >= 0.6 is 0 Å². The van der Waals surface area contributed by atoms with Gasteiger partial charge in [0, 0.05) is 18.8 Å². The first kappa shape index (κ1) is 14.6. The Bertz CT molecular complexity index is 514. The number of nitrogens with zero attached hydrogens (tertiary/aromatic N) is 1. The quantitative estimate of drug-likeness (QED) is 0.866. The molecule has 20 heavy (non-hydrogen) atoms. The van der Waals surface area contributed by atoms with Crippen LogP contribution in [-0.2, 0) is 6.54 Å². The second-order valence-corrected chi connectivity index (χ2v) is 5.27. The van der Waals surface area contributed by atoms with Gasteiger partial charge in [0.25, 0.3) is 0 Å². The molecule has 0 spiro atoms. The van der Waals surface area contributed by atoms with E-state index >= 15 is 0 Å². The molecule has 0 saturated heterocycles. The van der Waals surface area contributed by atoms with Crippen molar-refractivity contribution < 1.29 is 0 Å². The third-order valence-corrected chi connectivity index (χ3v) is 3.75. The molecule has 0 aromatic heterocycles. The van der Waals surface area contributed by atoms with Gasteiger partial charge in [-0.2, -0.15) is 0 Å². The summed E-state index contributed by atoms with van der Waals surface area (Å²) in [6, 6.07) is 17.1. The highest BCUT2D eigenvalue weighted by Crippen LogP contribution is 2.21. The van der Waals surface area contributed by atoms with Crippen LogP contribution in [0.4, 0.5) is 5.69 Å². The van der Waals surface area contributed by atoms with E-state index in [4.69, 9.17) is 5.73 Å². The fourth-order valence-electron chi connectivity index (χ4n) is 2.51. The maximum atomic E-state index is 5.68. The zero-order valence-corrected chi connectivity index (χ0v) is 12.5. The fourth-order valence-corrected chi connectivity index (χ4v) is 2.51. The summed E-state index contributed by atoms with van der Waals surface area (Å²) in [5.74, 6) is 0. The number of para-hydroxylation sites is 1. The molecule has 0 heterocycles. The van der Waals surface area contributed by atoms with Crippen LogP contribution in [0.3, 0.4) is 0 Å². The monoisotopic (exact) mass is 268 g/mol. The largest absolute Gasteiger partial charge is 0.367 e. The SMILES string of the molecule is Cc1cccc(C)c1CN(CCCN)c1ccccc1. The molecular weight excluding hydrogens is 244 g/mol. The Hall–Kier alpha value is -1.80. The number of hydrogen-bond donors (Lipinski definition) is 1. The summed E-state index contributed by atoms with van der Waals surface area (Å²) in [6.45, 7) is 7.05. The molecule has 0 unspecified atom stereocenters. The molecule has 0 radical (unpaired) electrons. The van der Waals surface area contributed by atoms with Crippen LogP contribution in [0.15, 0.2) is 48.5 Å². The van der Waals surface area contributed by atoms with Crippen molar-refractivity contribution in [2.24, 2.45) is 5.73 Å². The molecule has 0 aliphatic rings. The van der Waals surface area contributed by atoms with E-state index in [0.29, 0.717) is 0 Å². The number of rotatable bonds is 6. The van der Waals surface area contributed by atoms with E-state index in [-0.39, 0.29) is 0 Å². The molecule has 0 fully saturated rings. The van der Waals surface area contributed by atoms with Crippen LogP contribution in [0.2, 0.25) is 0 Å². The minimum absolute atomic E-state index is 0.732. The van der Waals surface area contributed by atoms with Gasteiger partial charge < -0.3 is 10.6 Å². The van der Waals surface area contributed by atoms with Gasteiger partial charge in [-0.05, 0) is 55.6 Å². The topological polar surface area (TPSA) is 29.3 Å². The molecule has 0 amide bonds. The maximum Gasteiger partial charge on any atom is 0.0434 e. The molecule has 0 bridgehead atoms. The molecule has 2 aromatic carbocycles. The lowest BCUT2D eigenvalue weighted by molar-refractivity contribution is 0.732. The predicted molar refractivity (Wildman–Crippen MR) is 87.1 cm³/mol. The lowest BCUT2D eigenvalue weighted by atomic mass is 10.0. The van der Waals surface area contributed by atoms with E-state index < -0.39 is 0 Å². The van der Waals surface area contributed by atoms with Gasteiger partial charge in [0.2, 0.25) is 0 Å². The lowest BCUT2D eigenvalue weighted by Gasteiger charge is -2.26. The molecule has 0 saturated carbocycles. The summed E-state index contributed by atoms with van der Waals surface area (Å²) >= 11 is 0. The van der Waals surface area contributed by atoms with Crippen molar-refractivity contribution in [1.82, 2.24) is 0 Å². The van der Waals surface area contributed by atoms with Gasteiger partial charge >= 0.3 is 0 Å². The first-order valence-corrected chi connectivity index (χ1v) is 7.27. The van der Waals surface area contributed by atoms with Gasteiger partial charge in [-0.1, -0.05) is 36.4 Å². The normalized spacial score (nSPS) is 10.6.